The molecule has 0 radical (unpaired) electrons. The monoisotopic (exact) mass is 304 g/mol. The summed E-state index contributed by atoms with van der Waals surface area (Å²) in [5.74, 6) is 1.08. The molecule has 3 heteroatoms. The molecular formula is C20H20N2O. The summed E-state index contributed by atoms with van der Waals surface area (Å²) in [6.07, 6.45) is 0.619. The Kier molecular flexibility index (Phi) is 5.78. The van der Waals surface area contributed by atoms with Crippen LogP contribution in [0.3, 0.4) is 0 Å². The van der Waals surface area contributed by atoms with Gasteiger partial charge in [-0.05, 0) is 41.3 Å². The molecule has 2 aromatic rings. The van der Waals surface area contributed by atoms with E-state index >= 15 is 0 Å². The minimum absolute atomic E-state index is 0.226. The molecule has 0 aliphatic rings. The van der Waals surface area contributed by atoms with Gasteiger partial charge in [-0.25, -0.2) is 0 Å². The molecule has 0 saturated carbocycles. The van der Waals surface area contributed by atoms with E-state index < -0.39 is 0 Å². The Morgan fingerprint density at radius 3 is 2.35 bits per heavy atom. The van der Waals surface area contributed by atoms with Crippen molar-refractivity contribution in [3.05, 3.63) is 65.2 Å². The Bertz CT molecular complexity index is 721. The largest absolute Gasteiger partial charge is 0.494 e. The Balaban J connectivity index is 1.94. The summed E-state index contributed by atoms with van der Waals surface area (Å²) >= 11 is 0. The highest BCUT2D eigenvalue weighted by Gasteiger charge is 2.11. The van der Waals surface area contributed by atoms with Crippen molar-refractivity contribution in [2.75, 3.05) is 6.61 Å². The molecule has 0 aliphatic carbocycles. The summed E-state index contributed by atoms with van der Waals surface area (Å²) in [4.78, 5) is 0. The second kappa shape index (κ2) is 8.01. The summed E-state index contributed by atoms with van der Waals surface area (Å²) in [5.41, 5.74) is 2.77. The third kappa shape index (κ3) is 4.59. The maximum Gasteiger partial charge on any atom is 0.119 e. The average Bonchev–Trinajstić information content (AvgIpc) is 2.59. The molecule has 0 aromatic heterocycles. The standard InChI is InChI=1S/C20H20N2O/c1-15(2)18-4-3-5-20(12-18)23-11-10-19(14-22)17-8-6-16(13-21)7-9-17/h3-9,12,15,19H,10-11H2,1-2H3. The molecule has 0 aliphatic heterocycles. The zero-order chi connectivity index (χ0) is 16.7. The number of benzene rings is 2. The molecular weight excluding hydrogens is 284 g/mol. The summed E-state index contributed by atoms with van der Waals surface area (Å²) in [6.45, 7) is 4.78. The van der Waals surface area contributed by atoms with Gasteiger partial charge in [0.15, 0.2) is 0 Å². The Morgan fingerprint density at radius 1 is 1.00 bits per heavy atom. The van der Waals surface area contributed by atoms with E-state index in [1.165, 1.54) is 5.56 Å². The van der Waals surface area contributed by atoms with Crippen molar-refractivity contribution in [1.82, 2.24) is 0 Å². The van der Waals surface area contributed by atoms with Gasteiger partial charge in [-0.1, -0.05) is 38.1 Å². The normalized spacial score (nSPS) is 11.5. The average molecular weight is 304 g/mol. The van der Waals surface area contributed by atoms with Gasteiger partial charge in [-0.15, -0.1) is 0 Å². The van der Waals surface area contributed by atoms with Crippen molar-refractivity contribution in [2.45, 2.75) is 32.1 Å². The Labute approximate surface area is 137 Å². The third-order valence-electron chi connectivity index (χ3n) is 3.80. The van der Waals surface area contributed by atoms with E-state index in [0.717, 1.165) is 11.3 Å². The van der Waals surface area contributed by atoms with Gasteiger partial charge in [0, 0.05) is 6.42 Å². The van der Waals surface area contributed by atoms with Gasteiger partial charge in [-0.3, -0.25) is 0 Å². The molecule has 2 rings (SSSR count). The van der Waals surface area contributed by atoms with E-state index in [-0.39, 0.29) is 5.92 Å². The first-order valence-electron chi connectivity index (χ1n) is 7.76. The fourth-order valence-corrected chi connectivity index (χ4v) is 2.35. The number of nitrogens with zero attached hydrogens (tertiary/aromatic N) is 2. The van der Waals surface area contributed by atoms with Crippen LogP contribution in [0, 0.1) is 22.7 Å². The van der Waals surface area contributed by atoms with Crippen LogP contribution in [-0.4, -0.2) is 6.61 Å². The van der Waals surface area contributed by atoms with Crippen molar-refractivity contribution in [3.8, 4) is 17.9 Å². The number of hydrogen-bond donors (Lipinski definition) is 0. The molecule has 0 heterocycles. The number of ether oxygens (including phenoxy) is 1. The highest BCUT2D eigenvalue weighted by atomic mass is 16.5. The number of rotatable bonds is 6. The van der Waals surface area contributed by atoms with Crippen LogP contribution in [0.2, 0.25) is 0 Å². The summed E-state index contributed by atoms with van der Waals surface area (Å²) < 4.78 is 5.79. The van der Waals surface area contributed by atoms with Crippen molar-refractivity contribution >= 4 is 0 Å². The predicted molar refractivity (Wildman–Crippen MR) is 90.2 cm³/mol. The Hall–Kier alpha value is -2.78. The maximum atomic E-state index is 9.35. The molecule has 0 fully saturated rings. The first-order chi connectivity index (χ1) is 11.1. The molecule has 116 valence electrons. The molecule has 1 atom stereocenters. The minimum atomic E-state index is -0.226. The molecule has 0 N–H and O–H groups in total. The van der Waals surface area contributed by atoms with Gasteiger partial charge >= 0.3 is 0 Å². The van der Waals surface area contributed by atoms with E-state index in [1.807, 2.05) is 30.3 Å². The van der Waals surface area contributed by atoms with Crippen molar-refractivity contribution in [3.63, 3.8) is 0 Å². The number of nitriles is 2. The second-order valence-electron chi connectivity index (χ2n) is 5.78. The quantitative estimate of drug-likeness (QED) is 0.773. The lowest BCUT2D eigenvalue weighted by atomic mass is 9.97. The lowest BCUT2D eigenvalue weighted by molar-refractivity contribution is 0.305. The molecule has 23 heavy (non-hydrogen) atoms. The summed E-state index contributed by atoms with van der Waals surface area (Å²) in [7, 11) is 0. The van der Waals surface area contributed by atoms with Gasteiger partial charge in [0.05, 0.1) is 30.2 Å². The minimum Gasteiger partial charge on any atom is -0.494 e. The molecule has 0 bridgehead atoms. The van der Waals surface area contributed by atoms with Gasteiger partial charge in [-0.2, -0.15) is 10.5 Å². The molecule has 3 nitrogen and oxygen atoms in total. The summed E-state index contributed by atoms with van der Waals surface area (Å²) in [6, 6.07) is 19.6. The van der Waals surface area contributed by atoms with Crippen LogP contribution in [0.15, 0.2) is 48.5 Å². The zero-order valence-corrected chi connectivity index (χ0v) is 13.5. The highest BCUT2D eigenvalue weighted by Crippen LogP contribution is 2.22. The first-order valence-corrected chi connectivity index (χ1v) is 7.76. The van der Waals surface area contributed by atoms with Gasteiger partial charge in [0.2, 0.25) is 0 Å². The van der Waals surface area contributed by atoms with E-state index in [9.17, 15) is 5.26 Å². The van der Waals surface area contributed by atoms with Gasteiger partial charge in [0.25, 0.3) is 0 Å². The van der Waals surface area contributed by atoms with Gasteiger partial charge < -0.3 is 4.74 Å². The van der Waals surface area contributed by atoms with E-state index in [2.05, 4.69) is 32.1 Å². The van der Waals surface area contributed by atoms with Crippen LogP contribution in [0.25, 0.3) is 0 Å². The predicted octanol–water partition coefficient (Wildman–Crippen LogP) is 4.76. The lowest BCUT2D eigenvalue weighted by Crippen LogP contribution is -2.05. The van der Waals surface area contributed by atoms with Crippen LogP contribution in [0.4, 0.5) is 0 Å². The lowest BCUT2D eigenvalue weighted by Gasteiger charge is -2.12. The third-order valence-corrected chi connectivity index (χ3v) is 3.80. The van der Waals surface area contributed by atoms with E-state index in [0.29, 0.717) is 24.5 Å². The fraction of sp³-hybridized carbons (Fsp3) is 0.300. The van der Waals surface area contributed by atoms with Crippen molar-refractivity contribution in [2.24, 2.45) is 0 Å². The zero-order valence-electron chi connectivity index (χ0n) is 13.5. The SMILES string of the molecule is CC(C)c1cccc(OCCC(C#N)c2ccc(C#N)cc2)c1. The van der Waals surface area contributed by atoms with Crippen LogP contribution in [0.5, 0.6) is 5.75 Å². The van der Waals surface area contributed by atoms with E-state index in [1.54, 1.807) is 12.1 Å². The van der Waals surface area contributed by atoms with Crippen molar-refractivity contribution < 1.29 is 4.74 Å². The van der Waals surface area contributed by atoms with E-state index in [4.69, 9.17) is 10.00 Å². The molecule has 2 aromatic carbocycles. The molecule has 0 spiro atoms. The highest BCUT2D eigenvalue weighted by molar-refractivity contribution is 5.35. The number of hydrogen-bond acceptors (Lipinski definition) is 3. The Morgan fingerprint density at radius 2 is 1.74 bits per heavy atom. The first kappa shape index (κ1) is 16.6. The van der Waals surface area contributed by atoms with Crippen LogP contribution < -0.4 is 4.74 Å². The fourth-order valence-electron chi connectivity index (χ4n) is 2.35. The van der Waals surface area contributed by atoms with Crippen LogP contribution >= 0.6 is 0 Å². The molecule has 0 saturated heterocycles. The smallest absolute Gasteiger partial charge is 0.119 e. The van der Waals surface area contributed by atoms with Crippen molar-refractivity contribution in [1.29, 1.82) is 10.5 Å². The van der Waals surface area contributed by atoms with Gasteiger partial charge in [0.1, 0.15) is 5.75 Å². The summed E-state index contributed by atoms with van der Waals surface area (Å²) in [5, 5.41) is 18.2. The topological polar surface area (TPSA) is 56.8 Å². The maximum absolute atomic E-state index is 9.35. The van der Waals surface area contributed by atoms with Crippen LogP contribution in [-0.2, 0) is 0 Å². The molecule has 0 amide bonds. The molecule has 1 unspecified atom stereocenters. The second-order valence-corrected chi connectivity index (χ2v) is 5.78. The van der Waals surface area contributed by atoms with Crippen LogP contribution in [0.1, 0.15) is 48.8 Å².